The van der Waals surface area contributed by atoms with Crippen LogP contribution >= 0.6 is 0 Å². The molecule has 0 radical (unpaired) electrons. The van der Waals surface area contributed by atoms with Crippen molar-refractivity contribution < 1.29 is 19.5 Å². The van der Waals surface area contributed by atoms with Crippen molar-refractivity contribution in [2.75, 3.05) is 0 Å². The van der Waals surface area contributed by atoms with Crippen LogP contribution in [0.2, 0.25) is 0 Å². The summed E-state index contributed by atoms with van der Waals surface area (Å²) in [5.74, 6) is -1.41. The van der Waals surface area contributed by atoms with Gasteiger partial charge in [0.05, 0.1) is 0 Å². The number of hydrogen-bond acceptors (Lipinski definition) is 3. The second-order valence-corrected chi connectivity index (χ2v) is 9.16. The molecule has 132 valence electrons. The minimum atomic E-state index is -1.04. The first-order chi connectivity index (χ1) is 11.3. The molecule has 3 saturated carbocycles. The van der Waals surface area contributed by atoms with Crippen LogP contribution in [-0.4, -0.2) is 28.8 Å². The van der Waals surface area contributed by atoms with E-state index >= 15 is 0 Å². The van der Waals surface area contributed by atoms with Gasteiger partial charge in [0.2, 0.25) is 5.91 Å². The SMILES string of the molecule is C[C@@]12CCC[C@H]1[C@@H]1C(=O)CC3NC(=O)C(C(=O)O)C[C@]3(C)[C@@H]1CC2. The Labute approximate surface area is 142 Å². The molecule has 3 aliphatic carbocycles. The lowest BCUT2D eigenvalue weighted by atomic mass is 9.47. The number of carboxylic acids is 1. The molecule has 5 nitrogen and oxygen atoms in total. The number of Topliss-reactive ketones (excluding diaryl/α,β-unsaturated/α-hetero) is 1. The first-order valence-corrected chi connectivity index (χ1v) is 9.32. The number of amides is 1. The van der Waals surface area contributed by atoms with Crippen molar-refractivity contribution in [2.45, 2.75) is 64.8 Å². The number of fused-ring (bicyclic) bond motifs is 5. The summed E-state index contributed by atoms with van der Waals surface area (Å²) < 4.78 is 0. The molecule has 2 unspecified atom stereocenters. The topological polar surface area (TPSA) is 83.5 Å². The maximum Gasteiger partial charge on any atom is 0.316 e. The molecule has 2 N–H and O–H groups in total. The average Bonchev–Trinajstić information content (AvgIpc) is 2.90. The largest absolute Gasteiger partial charge is 0.481 e. The lowest BCUT2D eigenvalue weighted by Gasteiger charge is -2.59. The molecule has 0 aromatic heterocycles. The van der Waals surface area contributed by atoms with Gasteiger partial charge < -0.3 is 10.4 Å². The predicted octanol–water partition coefficient (Wildman–Crippen LogP) is 2.39. The Bertz CT molecular complexity index is 616. The van der Waals surface area contributed by atoms with Crippen LogP contribution in [0.3, 0.4) is 0 Å². The number of piperidine rings is 1. The quantitative estimate of drug-likeness (QED) is 0.722. The third kappa shape index (κ3) is 2.02. The molecule has 24 heavy (non-hydrogen) atoms. The Kier molecular flexibility index (Phi) is 3.39. The number of carboxylic acid groups (broad SMARTS) is 1. The van der Waals surface area contributed by atoms with E-state index in [0.29, 0.717) is 24.5 Å². The molecule has 0 spiro atoms. The fourth-order valence-electron chi connectivity index (χ4n) is 6.66. The number of carbonyl (C=O) groups excluding carboxylic acids is 2. The molecule has 7 atom stereocenters. The van der Waals surface area contributed by atoms with Crippen LogP contribution in [-0.2, 0) is 14.4 Å². The second kappa shape index (κ2) is 5.06. The lowest BCUT2D eigenvalue weighted by Crippen LogP contribution is -2.65. The van der Waals surface area contributed by atoms with E-state index < -0.39 is 17.8 Å². The molecule has 0 bridgehead atoms. The van der Waals surface area contributed by atoms with Gasteiger partial charge in [0.25, 0.3) is 0 Å². The van der Waals surface area contributed by atoms with Gasteiger partial charge >= 0.3 is 5.97 Å². The number of nitrogens with one attached hydrogen (secondary N) is 1. The Morgan fingerprint density at radius 1 is 1.17 bits per heavy atom. The average molecular weight is 333 g/mol. The number of aliphatic carboxylic acids is 1. The molecule has 1 heterocycles. The first kappa shape index (κ1) is 16.1. The summed E-state index contributed by atoms with van der Waals surface area (Å²) in [6.45, 7) is 4.46. The van der Waals surface area contributed by atoms with Crippen LogP contribution < -0.4 is 5.32 Å². The molecule has 0 aromatic rings. The molecule has 1 amide bonds. The number of ketones is 1. The highest BCUT2D eigenvalue weighted by atomic mass is 16.4. The molecule has 1 aliphatic heterocycles. The summed E-state index contributed by atoms with van der Waals surface area (Å²) in [7, 11) is 0. The highest BCUT2D eigenvalue weighted by Crippen LogP contribution is 2.63. The van der Waals surface area contributed by atoms with Crippen LogP contribution in [0.15, 0.2) is 0 Å². The zero-order valence-corrected chi connectivity index (χ0v) is 14.5. The van der Waals surface area contributed by atoms with Crippen molar-refractivity contribution in [2.24, 2.45) is 34.5 Å². The molecular weight excluding hydrogens is 306 g/mol. The van der Waals surface area contributed by atoms with Crippen molar-refractivity contribution in [3.05, 3.63) is 0 Å². The van der Waals surface area contributed by atoms with Gasteiger partial charge in [-0.05, 0) is 54.8 Å². The van der Waals surface area contributed by atoms with Gasteiger partial charge in [-0.15, -0.1) is 0 Å². The van der Waals surface area contributed by atoms with Crippen LogP contribution in [0, 0.1) is 34.5 Å². The lowest BCUT2D eigenvalue weighted by molar-refractivity contribution is -0.163. The highest BCUT2D eigenvalue weighted by molar-refractivity contribution is 5.98. The Balaban J connectivity index is 1.70. The summed E-state index contributed by atoms with van der Waals surface area (Å²) >= 11 is 0. The third-order valence-electron chi connectivity index (χ3n) is 8.05. The van der Waals surface area contributed by atoms with Crippen molar-refractivity contribution in [3.8, 4) is 0 Å². The summed E-state index contributed by atoms with van der Waals surface area (Å²) in [4.78, 5) is 36.6. The number of rotatable bonds is 1. The van der Waals surface area contributed by atoms with Gasteiger partial charge in [-0.2, -0.15) is 0 Å². The zero-order valence-electron chi connectivity index (χ0n) is 14.5. The Hall–Kier alpha value is -1.39. The van der Waals surface area contributed by atoms with Gasteiger partial charge in [0, 0.05) is 18.4 Å². The van der Waals surface area contributed by atoms with Crippen LogP contribution in [0.4, 0.5) is 0 Å². The van der Waals surface area contributed by atoms with Crippen molar-refractivity contribution in [1.82, 2.24) is 5.32 Å². The van der Waals surface area contributed by atoms with E-state index in [4.69, 9.17) is 0 Å². The van der Waals surface area contributed by atoms with Gasteiger partial charge in [0.1, 0.15) is 11.7 Å². The van der Waals surface area contributed by atoms with E-state index in [0.717, 1.165) is 19.3 Å². The molecule has 5 heteroatoms. The van der Waals surface area contributed by atoms with Crippen molar-refractivity contribution in [1.29, 1.82) is 0 Å². The van der Waals surface area contributed by atoms with Gasteiger partial charge in [-0.3, -0.25) is 14.4 Å². The monoisotopic (exact) mass is 333 g/mol. The maximum absolute atomic E-state index is 13.0. The fourth-order valence-corrected chi connectivity index (χ4v) is 6.66. The number of carbonyl (C=O) groups is 3. The summed E-state index contributed by atoms with van der Waals surface area (Å²) in [5, 5.41) is 12.3. The van der Waals surface area contributed by atoms with E-state index in [1.54, 1.807) is 0 Å². The van der Waals surface area contributed by atoms with E-state index in [9.17, 15) is 19.5 Å². The minimum absolute atomic E-state index is 0.0666. The molecule has 4 fully saturated rings. The maximum atomic E-state index is 13.0. The van der Waals surface area contributed by atoms with Crippen LogP contribution in [0.1, 0.15) is 58.8 Å². The van der Waals surface area contributed by atoms with Crippen LogP contribution in [0.25, 0.3) is 0 Å². The smallest absolute Gasteiger partial charge is 0.316 e. The minimum Gasteiger partial charge on any atom is -0.481 e. The standard InChI is InChI=1S/C19H27NO4/c1-18-6-3-4-11(18)15-12(5-7-18)19(2)9-10(17(23)24)16(22)20-14(19)8-13(15)21/h10-12,14-15H,3-9H2,1-2H3,(H,20,22)(H,23,24)/t10?,11-,12+,14?,15-,18-,19+/m0/s1. The highest BCUT2D eigenvalue weighted by Gasteiger charge is 2.62. The summed E-state index contributed by atoms with van der Waals surface area (Å²) in [6, 6.07) is -0.194. The molecule has 1 saturated heterocycles. The van der Waals surface area contributed by atoms with Gasteiger partial charge in [0.15, 0.2) is 0 Å². The van der Waals surface area contributed by atoms with E-state index in [2.05, 4.69) is 19.2 Å². The molecular formula is C19H27NO4. The van der Waals surface area contributed by atoms with Crippen molar-refractivity contribution >= 4 is 17.7 Å². The van der Waals surface area contributed by atoms with E-state index in [1.807, 2.05) is 0 Å². The molecule has 0 aromatic carbocycles. The second-order valence-electron chi connectivity index (χ2n) is 9.16. The number of hydrogen-bond donors (Lipinski definition) is 2. The summed E-state index contributed by atoms with van der Waals surface area (Å²) in [5.41, 5.74) is 0.00357. The zero-order chi connectivity index (χ0) is 17.3. The third-order valence-corrected chi connectivity index (χ3v) is 8.05. The Morgan fingerprint density at radius 3 is 2.62 bits per heavy atom. The predicted molar refractivity (Wildman–Crippen MR) is 87.1 cm³/mol. The van der Waals surface area contributed by atoms with Gasteiger partial charge in [-0.1, -0.05) is 20.3 Å². The Morgan fingerprint density at radius 2 is 1.92 bits per heavy atom. The van der Waals surface area contributed by atoms with E-state index in [1.165, 1.54) is 12.8 Å². The molecule has 4 rings (SSSR count). The van der Waals surface area contributed by atoms with E-state index in [-0.39, 0.29) is 28.7 Å². The molecule has 4 aliphatic rings. The van der Waals surface area contributed by atoms with Gasteiger partial charge in [-0.25, -0.2) is 0 Å². The normalized spacial score (nSPS) is 50.5. The van der Waals surface area contributed by atoms with Crippen LogP contribution in [0.5, 0.6) is 0 Å². The fraction of sp³-hybridized carbons (Fsp3) is 0.842. The summed E-state index contributed by atoms with van der Waals surface area (Å²) in [6.07, 6.45) is 6.39. The van der Waals surface area contributed by atoms with Crippen molar-refractivity contribution in [3.63, 3.8) is 0 Å². The first-order valence-electron chi connectivity index (χ1n) is 9.32.